The van der Waals surface area contributed by atoms with Crippen LogP contribution in [0.15, 0.2) is 94.5 Å². The van der Waals surface area contributed by atoms with Crippen LogP contribution in [0.3, 0.4) is 0 Å². The lowest BCUT2D eigenvalue weighted by Gasteiger charge is -2.48. The van der Waals surface area contributed by atoms with E-state index < -0.39 is 53.2 Å². The van der Waals surface area contributed by atoms with Gasteiger partial charge in [-0.05, 0) is 98.4 Å². The van der Waals surface area contributed by atoms with Gasteiger partial charge in [-0.3, -0.25) is 4.90 Å². The summed E-state index contributed by atoms with van der Waals surface area (Å²) in [5, 5.41) is 4.95. The summed E-state index contributed by atoms with van der Waals surface area (Å²) in [4.78, 5) is 31.9. The number of hydrogen-bond acceptors (Lipinski definition) is 6. The Bertz CT molecular complexity index is 1600. The average molecular weight is 797 g/mol. The molecule has 9 nitrogen and oxygen atoms in total. The number of halogens is 1. The first-order chi connectivity index (χ1) is 24.1. The highest BCUT2D eigenvalue weighted by Gasteiger charge is 2.60. The molecule has 1 fully saturated rings. The van der Waals surface area contributed by atoms with Crippen LogP contribution in [0.25, 0.3) is 10.4 Å². The maximum absolute atomic E-state index is 14.1. The molecular formula is C39H54BrN5O4SSi. The van der Waals surface area contributed by atoms with Gasteiger partial charge in [-0.15, -0.1) is 4.72 Å². The molecule has 4 rings (SSSR count). The zero-order chi connectivity index (χ0) is 37.5. The van der Waals surface area contributed by atoms with Crippen LogP contribution in [0.1, 0.15) is 79.7 Å². The smallest absolute Gasteiger partial charge is 0.410 e. The van der Waals surface area contributed by atoms with E-state index in [4.69, 9.17) is 10.3 Å². The zero-order valence-electron chi connectivity index (χ0n) is 31.0. The van der Waals surface area contributed by atoms with Crippen LogP contribution in [-0.4, -0.2) is 64.2 Å². The molecule has 1 heterocycles. The molecule has 1 amide bonds. The van der Waals surface area contributed by atoms with Gasteiger partial charge in [0, 0.05) is 39.8 Å². The summed E-state index contributed by atoms with van der Waals surface area (Å²) >= 11 is 2.16. The lowest BCUT2D eigenvalue weighted by molar-refractivity contribution is -0.0198. The number of unbranched alkanes of at least 4 members (excludes halogenated alkanes) is 1. The van der Waals surface area contributed by atoms with Crippen molar-refractivity contribution in [2.75, 3.05) is 13.1 Å². The summed E-state index contributed by atoms with van der Waals surface area (Å²) in [7, 11) is -3.39. The molecule has 0 radical (unpaired) electrons. The van der Waals surface area contributed by atoms with Crippen molar-refractivity contribution >= 4 is 52.1 Å². The van der Waals surface area contributed by atoms with Crippen molar-refractivity contribution in [2.45, 2.75) is 108 Å². The van der Waals surface area contributed by atoms with Gasteiger partial charge in [0.05, 0.1) is 12.1 Å². The van der Waals surface area contributed by atoms with Gasteiger partial charge in [0.2, 0.25) is 0 Å². The maximum Gasteiger partial charge on any atom is 0.410 e. The first-order valence-corrected chi connectivity index (χ1v) is 21.7. The molecule has 51 heavy (non-hydrogen) atoms. The number of carbonyl (C=O) groups excluding carboxylic acids is 1. The van der Waals surface area contributed by atoms with Gasteiger partial charge in [-0.25, -0.2) is 4.79 Å². The minimum atomic E-state index is -3.39. The lowest BCUT2D eigenvalue weighted by Crippen LogP contribution is -2.67. The number of hydrogen-bond donors (Lipinski definition) is 2. The van der Waals surface area contributed by atoms with Gasteiger partial charge in [-0.1, -0.05) is 115 Å². The maximum atomic E-state index is 14.1. The number of nitrogens with one attached hydrogen (secondary N) is 1. The standard InChI is InChI=1S/C39H54BrN5O4SSi/c1-8-30(28-38(5,6)51(48,32-20-11-9-12-21-32)33-22-13-10-14-23-33)39(7)35(45(36(46)49-39)25-16-15-24-42-44-41)34(43-50(47)37(2,3)4)27-29-18-17-19-31(40)26-29/h9-14,17-23,26,30,34-35,43,48H,8,15-16,24-25,27-28H2,1-7H3/t30-,34+,35+,39+,50-/m0/s1. The van der Waals surface area contributed by atoms with Crippen LogP contribution in [0.5, 0.6) is 0 Å². The van der Waals surface area contributed by atoms with E-state index in [2.05, 4.69) is 57.5 Å². The second-order valence-electron chi connectivity index (χ2n) is 15.4. The van der Waals surface area contributed by atoms with Gasteiger partial charge < -0.3 is 14.1 Å². The van der Waals surface area contributed by atoms with E-state index in [0.717, 1.165) is 20.4 Å². The molecule has 2 N–H and O–H groups in total. The molecule has 5 atom stereocenters. The first-order valence-electron chi connectivity index (χ1n) is 17.8. The molecule has 276 valence electrons. The lowest BCUT2D eigenvalue weighted by atomic mass is 9.73. The molecule has 0 spiro atoms. The Hall–Kier alpha value is -2.83. The van der Waals surface area contributed by atoms with E-state index in [1.54, 1.807) is 4.90 Å². The molecule has 1 saturated heterocycles. The largest absolute Gasteiger partial charge is 0.598 e. The van der Waals surface area contributed by atoms with Crippen molar-refractivity contribution in [3.8, 4) is 0 Å². The first kappa shape index (κ1) is 40.9. The minimum absolute atomic E-state index is 0.170. The van der Waals surface area contributed by atoms with Gasteiger partial charge in [0.15, 0.2) is 0 Å². The SMILES string of the molecule is CC[C@@H](CC(C)(C)[Si](O)(c1ccccc1)c1ccccc1)[C@@]1(C)OC(=O)N(CCCCN=[N+]=[N-])[C@@H]1[C@@H](Cc1cccc(Br)c1)N[S@@+]([O-])C(C)(C)C. The van der Waals surface area contributed by atoms with Gasteiger partial charge >= 0.3 is 6.09 Å². The molecule has 0 saturated carbocycles. The molecular weight excluding hydrogens is 743 g/mol. The van der Waals surface area contributed by atoms with Crippen LogP contribution >= 0.6 is 15.9 Å². The van der Waals surface area contributed by atoms with Crippen LogP contribution < -0.4 is 15.1 Å². The number of azide groups is 1. The van der Waals surface area contributed by atoms with Crippen molar-refractivity contribution in [1.82, 2.24) is 9.62 Å². The molecule has 0 aliphatic carbocycles. The molecule has 1 aliphatic heterocycles. The summed E-state index contributed by atoms with van der Waals surface area (Å²) in [6, 6.07) is 27.1. The predicted octanol–water partition coefficient (Wildman–Crippen LogP) is 8.03. The van der Waals surface area contributed by atoms with E-state index in [1.807, 2.05) is 107 Å². The summed E-state index contributed by atoms with van der Waals surface area (Å²) in [5.41, 5.74) is 8.83. The number of amides is 1. The Morgan fingerprint density at radius 2 is 1.67 bits per heavy atom. The number of benzene rings is 3. The molecule has 0 unspecified atom stereocenters. The zero-order valence-corrected chi connectivity index (χ0v) is 34.4. The van der Waals surface area contributed by atoms with Gasteiger partial charge in [-0.2, -0.15) is 0 Å². The Morgan fingerprint density at radius 3 is 2.20 bits per heavy atom. The molecule has 12 heteroatoms. The highest BCUT2D eigenvalue weighted by atomic mass is 79.9. The number of nitrogens with zero attached hydrogens (tertiary/aromatic N) is 4. The summed E-state index contributed by atoms with van der Waals surface area (Å²) in [5.74, 6) is -0.170. The van der Waals surface area contributed by atoms with Crippen LogP contribution in [0, 0.1) is 5.92 Å². The predicted molar refractivity (Wildman–Crippen MR) is 214 cm³/mol. The monoisotopic (exact) mass is 795 g/mol. The Kier molecular flexibility index (Phi) is 13.9. The summed E-state index contributed by atoms with van der Waals surface area (Å²) in [6.45, 7) is 15.0. The summed E-state index contributed by atoms with van der Waals surface area (Å²) < 4.78 is 24.3. The number of ether oxygens (including phenoxy) is 1. The van der Waals surface area contributed by atoms with Crippen LogP contribution in [-0.2, 0) is 22.5 Å². The third kappa shape index (κ3) is 9.40. The van der Waals surface area contributed by atoms with E-state index in [1.165, 1.54) is 0 Å². The minimum Gasteiger partial charge on any atom is -0.598 e. The Balaban J connectivity index is 1.83. The Labute approximate surface area is 316 Å². The highest BCUT2D eigenvalue weighted by Crippen LogP contribution is 2.49. The molecule has 3 aromatic rings. The van der Waals surface area contributed by atoms with E-state index >= 15 is 0 Å². The number of cyclic esters (lactones) is 1. The quantitative estimate of drug-likeness (QED) is 0.0357. The molecule has 1 aliphatic rings. The van der Waals surface area contributed by atoms with Crippen molar-refractivity contribution in [3.63, 3.8) is 0 Å². The fourth-order valence-corrected chi connectivity index (χ4v) is 12.8. The van der Waals surface area contributed by atoms with Crippen molar-refractivity contribution < 1.29 is 18.9 Å². The van der Waals surface area contributed by atoms with Gasteiger partial charge in [0.25, 0.3) is 8.32 Å². The fraction of sp³-hybridized carbons (Fsp3) is 0.513. The summed E-state index contributed by atoms with van der Waals surface area (Å²) in [6.07, 6.45) is 2.58. The van der Waals surface area contributed by atoms with Crippen molar-refractivity contribution in [3.05, 3.63) is 105 Å². The molecule has 0 aromatic heterocycles. The molecule has 3 aromatic carbocycles. The van der Waals surface area contributed by atoms with E-state index in [0.29, 0.717) is 45.2 Å². The third-order valence-corrected chi connectivity index (χ3v) is 17.0. The highest BCUT2D eigenvalue weighted by molar-refractivity contribution is 9.10. The third-order valence-electron chi connectivity index (χ3n) is 10.4. The molecule has 0 bridgehead atoms. The second-order valence-corrected chi connectivity index (χ2v) is 22.3. The van der Waals surface area contributed by atoms with Crippen molar-refractivity contribution in [1.29, 1.82) is 0 Å². The van der Waals surface area contributed by atoms with Crippen LogP contribution in [0.2, 0.25) is 5.04 Å². The number of carbonyl (C=O) groups is 1. The average Bonchev–Trinajstić information content (AvgIpc) is 3.35. The van der Waals surface area contributed by atoms with Gasteiger partial charge in [0.1, 0.15) is 10.3 Å². The normalized spacial score (nSPS) is 20.0. The Morgan fingerprint density at radius 1 is 1.06 bits per heavy atom. The van der Waals surface area contributed by atoms with Crippen molar-refractivity contribution in [2.24, 2.45) is 11.0 Å². The second kappa shape index (κ2) is 17.3. The van der Waals surface area contributed by atoms with E-state index in [-0.39, 0.29) is 5.92 Å². The topological polar surface area (TPSA) is 134 Å². The fourth-order valence-electron chi connectivity index (χ4n) is 7.68. The van der Waals surface area contributed by atoms with Crippen LogP contribution in [0.4, 0.5) is 4.79 Å². The van der Waals surface area contributed by atoms with E-state index in [9.17, 15) is 14.1 Å². The number of rotatable bonds is 17.